The van der Waals surface area contributed by atoms with E-state index in [1.54, 1.807) is 0 Å². The van der Waals surface area contributed by atoms with Gasteiger partial charge in [0.2, 0.25) is 0 Å². The molecule has 1 rings (SSSR count). The SMILES string of the molecule is CC1CC=C(C(C)CF)CC1. The molecule has 0 spiro atoms. The Hall–Kier alpha value is -0.330. The molecule has 0 N–H and O–H groups in total. The number of alkyl halides is 1. The minimum absolute atomic E-state index is 0.169. The molecule has 1 aliphatic carbocycles. The van der Waals surface area contributed by atoms with E-state index in [0.717, 1.165) is 18.8 Å². The smallest absolute Gasteiger partial charge is 0.0957 e. The van der Waals surface area contributed by atoms with Crippen LogP contribution in [0.3, 0.4) is 0 Å². The first kappa shape index (κ1) is 8.76. The number of hydrogen-bond acceptors (Lipinski definition) is 0. The summed E-state index contributed by atoms with van der Waals surface area (Å²) in [6.07, 6.45) is 5.75. The second-order valence-electron chi connectivity index (χ2n) is 3.71. The zero-order valence-corrected chi connectivity index (χ0v) is 7.44. The van der Waals surface area contributed by atoms with E-state index in [1.807, 2.05) is 6.92 Å². The second kappa shape index (κ2) is 3.89. The number of hydrogen-bond donors (Lipinski definition) is 0. The van der Waals surface area contributed by atoms with Crippen LogP contribution < -0.4 is 0 Å². The summed E-state index contributed by atoms with van der Waals surface area (Å²) in [6.45, 7) is 4.04. The van der Waals surface area contributed by atoms with Gasteiger partial charge in [0.05, 0.1) is 6.67 Å². The average Bonchev–Trinajstić information content (AvgIpc) is 2.05. The fourth-order valence-corrected chi connectivity index (χ4v) is 1.53. The molecule has 0 radical (unpaired) electrons. The minimum atomic E-state index is -0.194. The maximum absolute atomic E-state index is 12.2. The lowest BCUT2D eigenvalue weighted by molar-refractivity contribution is 0.393. The van der Waals surface area contributed by atoms with Crippen molar-refractivity contribution in [1.29, 1.82) is 0 Å². The van der Waals surface area contributed by atoms with Crippen molar-refractivity contribution in [1.82, 2.24) is 0 Å². The molecular formula is C10H17F. The summed E-state index contributed by atoms with van der Waals surface area (Å²) < 4.78 is 12.2. The van der Waals surface area contributed by atoms with E-state index in [4.69, 9.17) is 0 Å². The van der Waals surface area contributed by atoms with Crippen LogP contribution in [0.4, 0.5) is 4.39 Å². The molecule has 2 atom stereocenters. The van der Waals surface area contributed by atoms with Crippen molar-refractivity contribution in [3.63, 3.8) is 0 Å². The number of allylic oxidation sites excluding steroid dienone is 2. The highest BCUT2D eigenvalue weighted by Crippen LogP contribution is 2.27. The summed E-state index contributed by atoms with van der Waals surface area (Å²) in [6, 6.07) is 0. The Bertz CT molecular complexity index is 149. The van der Waals surface area contributed by atoms with Crippen LogP contribution in [0, 0.1) is 11.8 Å². The highest BCUT2D eigenvalue weighted by Gasteiger charge is 2.14. The van der Waals surface area contributed by atoms with Crippen molar-refractivity contribution in [3.05, 3.63) is 11.6 Å². The van der Waals surface area contributed by atoms with Crippen LogP contribution in [0.5, 0.6) is 0 Å². The molecule has 0 amide bonds. The van der Waals surface area contributed by atoms with E-state index in [0.29, 0.717) is 0 Å². The highest BCUT2D eigenvalue weighted by atomic mass is 19.1. The summed E-state index contributed by atoms with van der Waals surface area (Å²) in [7, 11) is 0. The lowest BCUT2D eigenvalue weighted by Crippen LogP contribution is -2.08. The summed E-state index contributed by atoms with van der Waals surface area (Å²) in [5.41, 5.74) is 1.34. The summed E-state index contributed by atoms with van der Waals surface area (Å²) in [4.78, 5) is 0. The van der Waals surface area contributed by atoms with Crippen LogP contribution in [-0.4, -0.2) is 6.67 Å². The molecule has 2 unspecified atom stereocenters. The maximum atomic E-state index is 12.2. The molecule has 64 valence electrons. The molecule has 0 aromatic heterocycles. The van der Waals surface area contributed by atoms with E-state index >= 15 is 0 Å². The van der Waals surface area contributed by atoms with E-state index in [1.165, 1.54) is 12.0 Å². The first-order valence-electron chi connectivity index (χ1n) is 4.49. The lowest BCUT2D eigenvalue weighted by atomic mass is 9.86. The Labute approximate surface area is 68.5 Å². The molecule has 1 heteroatoms. The molecule has 0 fully saturated rings. The van der Waals surface area contributed by atoms with Crippen LogP contribution in [0.1, 0.15) is 33.1 Å². The number of rotatable bonds is 2. The first-order chi connectivity index (χ1) is 5.24. The van der Waals surface area contributed by atoms with Crippen molar-refractivity contribution in [3.8, 4) is 0 Å². The van der Waals surface area contributed by atoms with Gasteiger partial charge in [0, 0.05) is 5.92 Å². The molecular weight excluding hydrogens is 139 g/mol. The molecule has 11 heavy (non-hydrogen) atoms. The van der Waals surface area contributed by atoms with Crippen molar-refractivity contribution < 1.29 is 4.39 Å². The Kier molecular flexibility index (Phi) is 3.10. The van der Waals surface area contributed by atoms with Crippen molar-refractivity contribution >= 4 is 0 Å². The van der Waals surface area contributed by atoms with Gasteiger partial charge in [-0.1, -0.05) is 25.5 Å². The second-order valence-corrected chi connectivity index (χ2v) is 3.71. The Morgan fingerprint density at radius 3 is 2.91 bits per heavy atom. The third kappa shape index (κ3) is 2.32. The van der Waals surface area contributed by atoms with Gasteiger partial charge in [-0.25, -0.2) is 0 Å². The molecule has 0 bridgehead atoms. The van der Waals surface area contributed by atoms with Crippen LogP contribution in [0.2, 0.25) is 0 Å². The summed E-state index contributed by atoms with van der Waals surface area (Å²) in [5.74, 6) is 0.980. The zero-order chi connectivity index (χ0) is 8.27. The van der Waals surface area contributed by atoms with E-state index in [-0.39, 0.29) is 12.6 Å². The van der Waals surface area contributed by atoms with Gasteiger partial charge in [0.1, 0.15) is 0 Å². The fraction of sp³-hybridized carbons (Fsp3) is 0.800. The lowest BCUT2D eigenvalue weighted by Gasteiger charge is -2.21. The van der Waals surface area contributed by atoms with Gasteiger partial charge < -0.3 is 0 Å². The van der Waals surface area contributed by atoms with Crippen LogP contribution in [-0.2, 0) is 0 Å². The van der Waals surface area contributed by atoms with E-state index in [2.05, 4.69) is 13.0 Å². The molecule has 0 nitrogen and oxygen atoms in total. The van der Waals surface area contributed by atoms with Crippen molar-refractivity contribution in [2.75, 3.05) is 6.67 Å². The van der Waals surface area contributed by atoms with Gasteiger partial charge in [-0.2, -0.15) is 0 Å². The van der Waals surface area contributed by atoms with E-state index < -0.39 is 0 Å². The standard InChI is InChI=1S/C10H17F/c1-8-3-5-10(6-4-8)9(2)7-11/h5,8-9H,3-4,6-7H2,1-2H3. The van der Waals surface area contributed by atoms with Gasteiger partial charge in [-0.3, -0.25) is 4.39 Å². The van der Waals surface area contributed by atoms with Gasteiger partial charge in [-0.05, 0) is 25.2 Å². The predicted octanol–water partition coefficient (Wildman–Crippen LogP) is 3.34. The first-order valence-corrected chi connectivity index (χ1v) is 4.49. The molecule has 0 saturated carbocycles. The van der Waals surface area contributed by atoms with Crippen LogP contribution in [0.15, 0.2) is 11.6 Å². The largest absolute Gasteiger partial charge is 0.250 e. The Balaban J connectivity index is 2.47. The predicted molar refractivity (Wildman–Crippen MR) is 46.2 cm³/mol. The quantitative estimate of drug-likeness (QED) is 0.538. The van der Waals surface area contributed by atoms with Gasteiger partial charge in [0.15, 0.2) is 0 Å². The molecule has 0 aliphatic heterocycles. The fourth-order valence-electron chi connectivity index (χ4n) is 1.53. The number of halogens is 1. The molecule has 0 aromatic carbocycles. The third-order valence-corrected chi connectivity index (χ3v) is 2.57. The molecule has 0 aromatic rings. The third-order valence-electron chi connectivity index (χ3n) is 2.57. The highest BCUT2D eigenvalue weighted by molar-refractivity contribution is 5.09. The molecule has 1 aliphatic rings. The van der Waals surface area contributed by atoms with Gasteiger partial charge >= 0.3 is 0 Å². The summed E-state index contributed by atoms with van der Waals surface area (Å²) >= 11 is 0. The van der Waals surface area contributed by atoms with Crippen LogP contribution in [0.25, 0.3) is 0 Å². The van der Waals surface area contributed by atoms with E-state index in [9.17, 15) is 4.39 Å². The normalized spacial score (nSPS) is 27.9. The Morgan fingerprint density at radius 2 is 2.45 bits per heavy atom. The zero-order valence-electron chi connectivity index (χ0n) is 7.44. The average molecular weight is 156 g/mol. The summed E-state index contributed by atoms with van der Waals surface area (Å²) in [5, 5.41) is 0. The van der Waals surface area contributed by atoms with Gasteiger partial charge in [0.25, 0.3) is 0 Å². The van der Waals surface area contributed by atoms with Crippen LogP contribution >= 0.6 is 0 Å². The van der Waals surface area contributed by atoms with Gasteiger partial charge in [-0.15, -0.1) is 0 Å². The molecule has 0 heterocycles. The monoisotopic (exact) mass is 156 g/mol. The Morgan fingerprint density at radius 1 is 1.73 bits per heavy atom. The van der Waals surface area contributed by atoms with Crippen molar-refractivity contribution in [2.24, 2.45) is 11.8 Å². The maximum Gasteiger partial charge on any atom is 0.0957 e. The minimum Gasteiger partial charge on any atom is -0.250 e. The topological polar surface area (TPSA) is 0 Å². The molecule has 0 saturated heterocycles. The van der Waals surface area contributed by atoms with Crippen molar-refractivity contribution in [2.45, 2.75) is 33.1 Å².